The van der Waals surface area contributed by atoms with E-state index in [9.17, 15) is 9.59 Å². The molecule has 32 heavy (non-hydrogen) atoms. The molecule has 0 radical (unpaired) electrons. The Morgan fingerprint density at radius 1 is 0.938 bits per heavy atom. The fourth-order valence-electron chi connectivity index (χ4n) is 3.36. The van der Waals surface area contributed by atoms with Gasteiger partial charge < -0.3 is 9.88 Å². The number of para-hydroxylation sites is 1. The van der Waals surface area contributed by atoms with E-state index in [4.69, 9.17) is 11.6 Å². The Morgan fingerprint density at radius 3 is 2.44 bits per heavy atom. The summed E-state index contributed by atoms with van der Waals surface area (Å²) >= 11 is 5.99. The lowest BCUT2D eigenvalue weighted by Gasteiger charge is -2.05. The molecule has 1 aromatic heterocycles. The van der Waals surface area contributed by atoms with Gasteiger partial charge in [0.15, 0.2) is 0 Å². The van der Waals surface area contributed by atoms with Crippen LogP contribution in [0.4, 0.5) is 0 Å². The van der Waals surface area contributed by atoms with Crippen LogP contribution in [0.3, 0.4) is 0 Å². The van der Waals surface area contributed by atoms with Gasteiger partial charge >= 0.3 is 0 Å². The van der Waals surface area contributed by atoms with Gasteiger partial charge in [-0.2, -0.15) is 5.10 Å². The fraction of sp³-hybridized carbons (Fsp3) is 0.0800. The lowest BCUT2D eigenvalue weighted by molar-refractivity contribution is -0.120. The molecule has 0 aliphatic carbocycles. The van der Waals surface area contributed by atoms with Crippen LogP contribution in [0.2, 0.25) is 5.02 Å². The van der Waals surface area contributed by atoms with Crippen LogP contribution < -0.4 is 10.7 Å². The van der Waals surface area contributed by atoms with Gasteiger partial charge in [-0.15, -0.1) is 0 Å². The van der Waals surface area contributed by atoms with Gasteiger partial charge in [0.05, 0.1) is 12.8 Å². The topological polar surface area (TPSA) is 75.5 Å². The van der Waals surface area contributed by atoms with Gasteiger partial charge in [0.1, 0.15) is 0 Å². The zero-order valence-corrected chi connectivity index (χ0v) is 17.9. The third kappa shape index (κ3) is 5.22. The first-order chi connectivity index (χ1) is 15.6. The summed E-state index contributed by atoms with van der Waals surface area (Å²) in [6, 6.07) is 24.5. The summed E-state index contributed by atoms with van der Waals surface area (Å²) in [5.41, 5.74) is 6.02. The Morgan fingerprint density at radius 2 is 1.66 bits per heavy atom. The summed E-state index contributed by atoms with van der Waals surface area (Å²) in [5, 5.41) is 8.37. The molecule has 4 rings (SSSR count). The van der Waals surface area contributed by atoms with Crippen molar-refractivity contribution in [2.75, 3.05) is 6.54 Å². The van der Waals surface area contributed by atoms with Crippen LogP contribution in [0.1, 0.15) is 21.5 Å². The number of nitrogens with one attached hydrogen (secondary N) is 2. The monoisotopic (exact) mass is 444 g/mol. The van der Waals surface area contributed by atoms with Crippen molar-refractivity contribution >= 4 is 40.5 Å². The van der Waals surface area contributed by atoms with Crippen LogP contribution in [0.5, 0.6) is 0 Å². The van der Waals surface area contributed by atoms with E-state index in [2.05, 4.69) is 20.4 Å². The maximum atomic E-state index is 12.1. The van der Waals surface area contributed by atoms with E-state index < -0.39 is 5.91 Å². The normalized spacial score (nSPS) is 11.0. The maximum absolute atomic E-state index is 12.1. The van der Waals surface area contributed by atoms with Crippen molar-refractivity contribution in [2.24, 2.45) is 5.10 Å². The largest absolute Gasteiger partial charge is 0.343 e. The number of fused-ring (bicyclic) bond motifs is 1. The van der Waals surface area contributed by atoms with Gasteiger partial charge in [-0.25, -0.2) is 5.43 Å². The third-order valence-corrected chi connectivity index (χ3v) is 5.18. The predicted octanol–water partition coefficient (Wildman–Crippen LogP) is 4.22. The molecule has 6 nitrogen and oxygen atoms in total. The van der Waals surface area contributed by atoms with Gasteiger partial charge in [0, 0.05) is 39.8 Å². The summed E-state index contributed by atoms with van der Waals surface area (Å²) in [4.78, 5) is 24.1. The molecule has 0 fully saturated rings. The highest BCUT2D eigenvalue weighted by atomic mass is 35.5. The summed E-state index contributed by atoms with van der Waals surface area (Å²) in [6.45, 7) is 0.521. The minimum atomic E-state index is -0.407. The van der Waals surface area contributed by atoms with Crippen molar-refractivity contribution in [2.45, 2.75) is 6.54 Å². The van der Waals surface area contributed by atoms with Crippen LogP contribution in [0.15, 0.2) is 90.2 Å². The van der Waals surface area contributed by atoms with Crippen molar-refractivity contribution in [3.8, 4) is 0 Å². The number of benzene rings is 3. The first kappa shape index (κ1) is 21.3. The Kier molecular flexibility index (Phi) is 6.63. The molecule has 3 aromatic carbocycles. The van der Waals surface area contributed by atoms with Crippen molar-refractivity contribution in [3.63, 3.8) is 0 Å². The molecule has 0 aliphatic rings. The average Bonchev–Trinajstić information content (AvgIpc) is 3.17. The van der Waals surface area contributed by atoms with Crippen LogP contribution in [0, 0.1) is 0 Å². The lowest BCUT2D eigenvalue weighted by atomic mass is 10.2. The number of rotatable bonds is 7. The van der Waals surface area contributed by atoms with E-state index in [-0.39, 0.29) is 12.5 Å². The van der Waals surface area contributed by atoms with Gasteiger partial charge in [0.2, 0.25) is 0 Å². The number of halogens is 1. The number of nitrogens with zero attached hydrogens (tertiary/aromatic N) is 2. The molecule has 0 atom stereocenters. The van der Waals surface area contributed by atoms with Gasteiger partial charge in [-0.05, 0) is 35.9 Å². The molecular weight excluding hydrogens is 424 g/mol. The number of hydrazone groups is 1. The van der Waals surface area contributed by atoms with E-state index in [0.29, 0.717) is 17.1 Å². The van der Waals surface area contributed by atoms with Crippen molar-refractivity contribution in [1.29, 1.82) is 0 Å². The third-order valence-electron chi connectivity index (χ3n) is 4.92. The van der Waals surface area contributed by atoms with Crippen LogP contribution in [-0.4, -0.2) is 29.1 Å². The molecule has 0 aliphatic heterocycles. The molecule has 7 heteroatoms. The molecule has 0 unspecified atom stereocenters. The summed E-state index contributed by atoms with van der Waals surface area (Å²) < 4.78 is 2.13. The number of hydrogen-bond acceptors (Lipinski definition) is 3. The summed E-state index contributed by atoms with van der Waals surface area (Å²) in [5.74, 6) is -0.717. The van der Waals surface area contributed by atoms with Crippen LogP contribution in [0.25, 0.3) is 10.9 Å². The number of hydrogen-bond donors (Lipinski definition) is 2. The number of carbonyl (C=O) groups is 2. The van der Waals surface area contributed by atoms with E-state index >= 15 is 0 Å². The van der Waals surface area contributed by atoms with Crippen molar-refractivity contribution in [3.05, 3.63) is 107 Å². The van der Waals surface area contributed by atoms with Gasteiger partial charge in [-0.1, -0.05) is 60.1 Å². The second-order valence-corrected chi connectivity index (χ2v) is 7.63. The SMILES string of the molecule is O=C(CNC(=O)c1ccccc1)N/N=C\c1cn(Cc2ccc(Cl)cc2)c2ccccc12. The van der Waals surface area contributed by atoms with Crippen LogP contribution >= 0.6 is 11.6 Å². The van der Waals surface area contributed by atoms with Crippen LogP contribution in [-0.2, 0) is 11.3 Å². The predicted molar refractivity (Wildman–Crippen MR) is 127 cm³/mol. The van der Waals surface area contributed by atoms with Crippen molar-refractivity contribution in [1.82, 2.24) is 15.3 Å². The molecule has 0 saturated carbocycles. The second-order valence-electron chi connectivity index (χ2n) is 7.20. The molecule has 0 bridgehead atoms. The minimum absolute atomic E-state index is 0.163. The standard InChI is InChI=1S/C25H21ClN4O2/c26-21-12-10-18(11-13-21)16-30-17-20(22-8-4-5-9-23(22)30)14-28-29-24(31)15-27-25(32)19-6-2-1-3-7-19/h1-14,17H,15-16H2,(H,27,32)(H,29,31)/b28-14-. The zero-order valence-electron chi connectivity index (χ0n) is 17.2. The maximum Gasteiger partial charge on any atom is 0.259 e. The Balaban J connectivity index is 1.40. The Bertz CT molecular complexity index is 1260. The molecule has 0 saturated heterocycles. The molecule has 4 aromatic rings. The minimum Gasteiger partial charge on any atom is -0.343 e. The highest BCUT2D eigenvalue weighted by Crippen LogP contribution is 2.21. The Labute approximate surface area is 190 Å². The Hall–Kier alpha value is -3.90. The fourth-order valence-corrected chi connectivity index (χ4v) is 3.49. The van der Waals surface area contributed by atoms with E-state index in [1.165, 1.54) is 0 Å². The lowest BCUT2D eigenvalue weighted by Crippen LogP contribution is -2.34. The van der Waals surface area contributed by atoms with Crippen molar-refractivity contribution < 1.29 is 9.59 Å². The molecule has 0 spiro atoms. The number of carbonyl (C=O) groups excluding carboxylic acids is 2. The summed E-state index contributed by atoms with van der Waals surface area (Å²) in [6.07, 6.45) is 3.60. The molecule has 160 valence electrons. The van der Waals surface area contributed by atoms with E-state index in [1.54, 1.807) is 30.5 Å². The van der Waals surface area contributed by atoms with Gasteiger partial charge in [0.25, 0.3) is 11.8 Å². The first-order valence-electron chi connectivity index (χ1n) is 10.1. The molecule has 1 heterocycles. The quantitative estimate of drug-likeness (QED) is 0.331. The highest BCUT2D eigenvalue weighted by molar-refractivity contribution is 6.30. The first-order valence-corrected chi connectivity index (χ1v) is 10.5. The average molecular weight is 445 g/mol. The van der Waals surface area contributed by atoms with E-state index in [1.807, 2.05) is 60.8 Å². The molecular formula is C25H21ClN4O2. The molecule has 2 amide bonds. The number of amides is 2. The zero-order chi connectivity index (χ0) is 22.3. The van der Waals surface area contributed by atoms with E-state index in [0.717, 1.165) is 22.0 Å². The summed E-state index contributed by atoms with van der Waals surface area (Å²) in [7, 11) is 0. The molecule has 2 N–H and O–H groups in total. The van der Waals surface area contributed by atoms with Gasteiger partial charge in [-0.3, -0.25) is 9.59 Å². The smallest absolute Gasteiger partial charge is 0.259 e. The highest BCUT2D eigenvalue weighted by Gasteiger charge is 2.09. The second kappa shape index (κ2) is 9.94. The number of aromatic nitrogens is 1.